The molecule has 5 nitrogen and oxygen atoms in total. The van der Waals surface area contributed by atoms with E-state index >= 15 is 0 Å². The van der Waals surface area contributed by atoms with Crippen LogP contribution in [0.25, 0.3) is 10.9 Å². The molecule has 1 aromatic heterocycles. The summed E-state index contributed by atoms with van der Waals surface area (Å²) in [7, 11) is 1.63. The number of rotatable bonds is 8. The number of hydrogen-bond acceptors (Lipinski definition) is 3. The highest BCUT2D eigenvalue weighted by molar-refractivity contribution is 5.83. The second kappa shape index (κ2) is 8.35. The van der Waals surface area contributed by atoms with E-state index in [4.69, 9.17) is 4.74 Å². The number of aromatic amines is 1. The molecule has 0 aliphatic rings. The van der Waals surface area contributed by atoms with Crippen molar-refractivity contribution < 1.29 is 9.53 Å². The SMILES string of the molecule is COc1ccccc1CNC(=O)CNCCc1c[nH]c2ccccc12. The first-order valence-corrected chi connectivity index (χ1v) is 8.42. The normalized spacial score (nSPS) is 10.8. The van der Waals surface area contributed by atoms with E-state index in [9.17, 15) is 4.79 Å². The molecule has 3 rings (SSSR count). The molecule has 1 amide bonds. The molecule has 0 saturated heterocycles. The summed E-state index contributed by atoms with van der Waals surface area (Å²) < 4.78 is 5.28. The smallest absolute Gasteiger partial charge is 0.234 e. The van der Waals surface area contributed by atoms with Crippen molar-refractivity contribution in [1.82, 2.24) is 15.6 Å². The molecule has 5 heteroatoms. The highest BCUT2D eigenvalue weighted by atomic mass is 16.5. The Labute approximate surface area is 147 Å². The van der Waals surface area contributed by atoms with Crippen LogP contribution in [0.1, 0.15) is 11.1 Å². The lowest BCUT2D eigenvalue weighted by Crippen LogP contribution is -2.34. The minimum absolute atomic E-state index is 0.0233. The van der Waals surface area contributed by atoms with Gasteiger partial charge in [-0.15, -0.1) is 0 Å². The van der Waals surface area contributed by atoms with Crippen molar-refractivity contribution in [3.8, 4) is 5.75 Å². The van der Waals surface area contributed by atoms with Gasteiger partial charge in [-0.2, -0.15) is 0 Å². The van der Waals surface area contributed by atoms with Gasteiger partial charge in [-0.3, -0.25) is 4.79 Å². The Morgan fingerprint density at radius 3 is 2.76 bits per heavy atom. The van der Waals surface area contributed by atoms with Crippen LogP contribution in [0.5, 0.6) is 5.75 Å². The number of carbonyl (C=O) groups excluding carboxylic acids is 1. The van der Waals surface area contributed by atoms with E-state index in [-0.39, 0.29) is 5.91 Å². The third-order valence-electron chi connectivity index (χ3n) is 4.20. The standard InChI is InChI=1S/C20H23N3O2/c1-25-19-9-5-2-6-16(19)13-23-20(24)14-21-11-10-15-12-22-18-8-4-3-7-17(15)18/h2-9,12,21-22H,10-11,13-14H2,1H3,(H,23,24). The zero-order valence-corrected chi connectivity index (χ0v) is 14.3. The summed E-state index contributed by atoms with van der Waals surface area (Å²) in [6.07, 6.45) is 2.91. The van der Waals surface area contributed by atoms with E-state index in [1.165, 1.54) is 10.9 Å². The molecular formula is C20H23N3O2. The minimum Gasteiger partial charge on any atom is -0.496 e. The van der Waals surface area contributed by atoms with Crippen molar-refractivity contribution in [3.63, 3.8) is 0 Å². The van der Waals surface area contributed by atoms with E-state index in [0.29, 0.717) is 13.1 Å². The number of hydrogen-bond donors (Lipinski definition) is 3. The molecule has 25 heavy (non-hydrogen) atoms. The van der Waals surface area contributed by atoms with Crippen LogP contribution in [0.2, 0.25) is 0 Å². The van der Waals surface area contributed by atoms with Crippen LogP contribution < -0.4 is 15.4 Å². The topological polar surface area (TPSA) is 66.2 Å². The third kappa shape index (κ3) is 4.39. The number of amides is 1. The zero-order chi connectivity index (χ0) is 17.5. The summed E-state index contributed by atoms with van der Waals surface area (Å²) in [4.78, 5) is 15.2. The quantitative estimate of drug-likeness (QED) is 0.554. The van der Waals surface area contributed by atoms with Crippen molar-refractivity contribution in [2.75, 3.05) is 20.2 Å². The Morgan fingerprint density at radius 1 is 1.08 bits per heavy atom. The fraction of sp³-hybridized carbons (Fsp3) is 0.250. The first kappa shape index (κ1) is 17.0. The second-order valence-electron chi connectivity index (χ2n) is 5.87. The number of benzene rings is 2. The van der Waals surface area contributed by atoms with Crippen molar-refractivity contribution in [1.29, 1.82) is 0 Å². The fourth-order valence-electron chi connectivity index (χ4n) is 2.87. The van der Waals surface area contributed by atoms with Crippen LogP contribution in [-0.2, 0) is 17.8 Å². The molecule has 0 radical (unpaired) electrons. The van der Waals surface area contributed by atoms with Gasteiger partial charge in [0.15, 0.2) is 0 Å². The van der Waals surface area contributed by atoms with E-state index in [0.717, 1.165) is 29.8 Å². The first-order valence-electron chi connectivity index (χ1n) is 8.42. The van der Waals surface area contributed by atoms with Gasteiger partial charge < -0.3 is 20.4 Å². The minimum atomic E-state index is -0.0233. The van der Waals surface area contributed by atoms with Gasteiger partial charge in [0.25, 0.3) is 0 Å². The Kier molecular flexibility index (Phi) is 5.69. The molecule has 0 atom stereocenters. The monoisotopic (exact) mass is 337 g/mol. The van der Waals surface area contributed by atoms with Crippen LogP contribution >= 0.6 is 0 Å². The molecule has 0 unspecified atom stereocenters. The average molecular weight is 337 g/mol. The van der Waals surface area contributed by atoms with Crippen molar-refractivity contribution in [3.05, 3.63) is 65.9 Å². The summed E-state index contributed by atoms with van der Waals surface area (Å²) in [5, 5.41) is 7.35. The summed E-state index contributed by atoms with van der Waals surface area (Å²) >= 11 is 0. The molecular weight excluding hydrogens is 314 g/mol. The maximum absolute atomic E-state index is 12.0. The number of nitrogens with one attached hydrogen (secondary N) is 3. The first-order chi connectivity index (χ1) is 12.3. The van der Waals surface area contributed by atoms with Gasteiger partial charge in [-0.25, -0.2) is 0 Å². The summed E-state index contributed by atoms with van der Waals surface area (Å²) in [6.45, 7) is 1.52. The van der Waals surface area contributed by atoms with Crippen LogP contribution in [0.4, 0.5) is 0 Å². The molecule has 0 saturated carbocycles. The summed E-state index contributed by atoms with van der Waals surface area (Å²) in [5.41, 5.74) is 3.38. The highest BCUT2D eigenvalue weighted by Gasteiger charge is 2.06. The van der Waals surface area contributed by atoms with Gasteiger partial charge in [0.2, 0.25) is 5.91 Å². The third-order valence-corrected chi connectivity index (χ3v) is 4.20. The van der Waals surface area contributed by atoms with Gasteiger partial charge in [0, 0.05) is 29.2 Å². The lowest BCUT2D eigenvalue weighted by molar-refractivity contribution is -0.120. The van der Waals surface area contributed by atoms with E-state index in [1.807, 2.05) is 42.6 Å². The lowest BCUT2D eigenvalue weighted by Gasteiger charge is -2.10. The molecule has 3 aromatic rings. The Hall–Kier alpha value is -2.79. The molecule has 0 aliphatic heterocycles. The molecule has 2 aromatic carbocycles. The molecule has 0 spiro atoms. The molecule has 1 heterocycles. The predicted octanol–water partition coefficient (Wildman–Crippen LogP) is 2.62. The maximum Gasteiger partial charge on any atom is 0.234 e. The Balaban J connectivity index is 1.41. The van der Waals surface area contributed by atoms with E-state index in [1.54, 1.807) is 7.11 Å². The van der Waals surface area contributed by atoms with Gasteiger partial charge >= 0.3 is 0 Å². The zero-order valence-electron chi connectivity index (χ0n) is 14.3. The predicted molar refractivity (Wildman–Crippen MR) is 99.7 cm³/mol. The van der Waals surface area contributed by atoms with Crippen LogP contribution in [0.15, 0.2) is 54.7 Å². The fourth-order valence-corrected chi connectivity index (χ4v) is 2.87. The number of aromatic nitrogens is 1. The summed E-state index contributed by atoms with van der Waals surface area (Å²) in [6, 6.07) is 15.9. The number of H-pyrrole nitrogens is 1. The van der Waals surface area contributed by atoms with E-state index < -0.39 is 0 Å². The number of fused-ring (bicyclic) bond motifs is 1. The van der Waals surface area contributed by atoms with Gasteiger partial charge in [-0.1, -0.05) is 36.4 Å². The van der Waals surface area contributed by atoms with Crippen molar-refractivity contribution in [2.24, 2.45) is 0 Å². The lowest BCUT2D eigenvalue weighted by atomic mass is 10.1. The van der Waals surface area contributed by atoms with Crippen molar-refractivity contribution >= 4 is 16.8 Å². The number of carbonyl (C=O) groups is 1. The number of methoxy groups -OCH3 is 1. The maximum atomic E-state index is 12.0. The number of para-hydroxylation sites is 2. The van der Waals surface area contributed by atoms with Crippen LogP contribution in [-0.4, -0.2) is 31.1 Å². The molecule has 130 valence electrons. The van der Waals surface area contributed by atoms with Crippen LogP contribution in [0, 0.1) is 0 Å². The van der Waals surface area contributed by atoms with Crippen LogP contribution in [0.3, 0.4) is 0 Å². The van der Waals surface area contributed by atoms with Crippen molar-refractivity contribution in [2.45, 2.75) is 13.0 Å². The van der Waals surface area contributed by atoms with Gasteiger partial charge in [-0.05, 0) is 30.7 Å². The number of ether oxygens (including phenoxy) is 1. The van der Waals surface area contributed by atoms with E-state index in [2.05, 4.69) is 27.8 Å². The molecule has 0 fully saturated rings. The largest absolute Gasteiger partial charge is 0.496 e. The Bertz CT molecular complexity index is 842. The molecule has 0 bridgehead atoms. The summed E-state index contributed by atoms with van der Waals surface area (Å²) in [5.74, 6) is 0.764. The highest BCUT2D eigenvalue weighted by Crippen LogP contribution is 2.18. The molecule has 0 aliphatic carbocycles. The molecule has 3 N–H and O–H groups in total. The Morgan fingerprint density at radius 2 is 1.88 bits per heavy atom. The second-order valence-corrected chi connectivity index (χ2v) is 5.87. The average Bonchev–Trinajstić information content (AvgIpc) is 3.07. The van der Waals surface area contributed by atoms with Gasteiger partial charge in [0.1, 0.15) is 5.75 Å². The van der Waals surface area contributed by atoms with Gasteiger partial charge in [0.05, 0.1) is 13.7 Å².